The molecule has 0 spiro atoms. The zero-order chi connectivity index (χ0) is 19.1. The third-order valence-electron chi connectivity index (χ3n) is 3.88. The molecule has 2 N–H and O–H groups in total. The van der Waals surface area contributed by atoms with Gasteiger partial charge in [-0.2, -0.15) is 0 Å². The fraction of sp³-hybridized carbons (Fsp3) is 0.300. The highest BCUT2D eigenvalue weighted by atomic mass is 16.5. The highest BCUT2D eigenvalue weighted by molar-refractivity contribution is 5.92. The number of aryl methyl sites for hydroxylation is 1. The van der Waals surface area contributed by atoms with Crippen LogP contribution in [0.3, 0.4) is 0 Å². The minimum absolute atomic E-state index is 0.113. The smallest absolute Gasteiger partial charge is 0.226 e. The van der Waals surface area contributed by atoms with E-state index in [-0.39, 0.29) is 18.2 Å². The molecule has 26 heavy (non-hydrogen) atoms. The lowest BCUT2D eigenvalue weighted by molar-refractivity contribution is -0.120. The highest BCUT2D eigenvalue weighted by Gasteiger charge is 2.17. The minimum atomic E-state index is -0.402. The second-order valence-electron chi connectivity index (χ2n) is 6.02. The maximum Gasteiger partial charge on any atom is 0.226 e. The number of benzene rings is 2. The Morgan fingerprint density at radius 1 is 1.00 bits per heavy atom. The summed E-state index contributed by atoms with van der Waals surface area (Å²) in [6, 6.07) is 12.5. The Labute approximate surface area is 153 Å². The molecule has 0 heterocycles. The predicted octanol–water partition coefficient (Wildman–Crippen LogP) is 3.22. The van der Waals surface area contributed by atoms with Crippen molar-refractivity contribution in [1.29, 1.82) is 0 Å². The Morgan fingerprint density at radius 3 is 2.08 bits per heavy atom. The first-order chi connectivity index (χ1) is 12.4. The third-order valence-corrected chi connectivity index (χ3v) is 3.88. The third kappa shape index (κ3) is 5.51. The Balaban J connectivity index is 2.14. The summed E-state index contributed by atoms with van der Waals surface area (Å²) in [6.07, 6.45) is 0.113. The van der Waals surface area contributed by atoms with Gasteiger partial charge in [-0.15, -0.1) is 0 Å². The van der Waals surface area contributed by atoms with Crippen LogP contribution in [0.25, 0.3) is 0 Å². The number of anilines is 1. The molecule has 2 rings (SSSR count). The van der Waals surface area contributed by atoms with Gasteiger partial charge in [0.1, 0.15) is 11.5 Å². The Morgan fingerprint density at radius 2 is 1.58 bits per heavy atom. The molecule has 2 amide bonds. The van der Waals surface area contributed by atoms with Gasteiger partial charge in [-0.05, 0) is 12.5 Å². The number of nitrogens with one attached hydrogen (secondary N) is 2. The molecule has 1 atom stereocenters. The lowest BCUT2D eigenvalue weighted by Gasteiger charge is -2.18. The van der Waals surface area contributed by atoms with Crippen molar-refractivity contribution in [3.63, 3.8) is 0 Å². The maximum absolute atomic E-state index is 12.5. The summed E-state index contributed by atoms with van der Waals surface area (Å²) in [6.45, 7) is 3.42. The van der Waals surface area contributed by atoms with Crippen LogP contribution in [0.2, 0.25) is 0 Å². The van der Waals surface area contributed by atoms with Crippen LogP contribution in [-0.4, -0.2) is 26.0 Å². The second-order valence-corrected chi connectivity index (χ2v) is 6.02. The van der Waals surface area contributed by atoms with Crippen LogP contribution in [-0.2, 0) is 9.59 Å². The molecule has 2 aromatic carbocycles. The van der Waals surface area contributed by atoms with Crippen molar-refractivity contribution < 1.29 is 19.1 Å². The molecule has 0 aliphatic heterocycles. The van der Waals surface area contributed by atoms with Crippen molar-refractivity contribution >= 4 is 17.5 Å². The highest BCUT2D eigenvalue weighted by Crippen LogP contribution is 2.26. The van der Waals surface area contributed by atoms with Crippen LogP contribution in [0, 0.1) is 6.92 Å². The molecule has 0 aromatic heterocycles. The van der Waals surface area contributed by atoms with E-state index >= 15 is 0 Å². The number of rotatable bonds is 7. The first kappa shape index (κ1) is 19.3. The first-order valence-corrected chi connectivity index (χ1v) is 8.28. The van der Waals surface area contributed by atoms with E-state index in [0.29, 0.717) is 17.2 Å². The molecular weight excluding hydrogens is 332 g/mol. The van der Waals surface area contributed by atoms with Crippen LogP contribution in [0.4, 0.5) is 5.69 Å². The number of hydrogen-bond acceptors (Lipinski definition) is 4. The van der Waals surface area contributed by atoms with Gasteiger partial charge in [0.05, 0.1) is 26.7 Å². The summed E-state index contributed by atoms with van der Waals surface area (Å²) < 4.78 is 10.4. The van der Waals surface area contributed by atoms with Gasteiger partial charge >= 0.3 is 0 Å². The Bertz CT molecular complexity index is 750. The van der Waals surface area contributed by atoms with Crippen molar-refractivity contribution in [2.24, 2.45) is 0 Å². The molecule has 2 aromatic rings. The van der Waals surface area contributed by atoms with Crippen molar-refractivity contribution in [3.8, 4) is 11.5 Å². The molecule has 6 heteroatoms. The fourth-order valence-electron chi connectivity index (χ4n) is 2.57. The molecular formula is C20H24N2O4. The van der Waals surface area contributed by atoms with Crippen molar-refractivity contribution in [2.75, 3.05) is 19.5 Å². The van der Waals surface area contributed by atoms with E-state index in [9.17, 15) is 9.59 Å². The topological polar surface area (TPSA) is 76.7 Å². The van der Waals surface area contributed by atoms with Crippen molar-refractivity contribution in [2.45, 2.75) is 26.3 Å². The lowest BCUT2D eigenvalue weighted by Crippen LogP contribution is -2.29. The van der Waals surface area contributed by atoms with E-state index in [1.807, 2.05) is 31.2 Å². The largest absolute Gasteiger partial charge is 0.497 e. The number of methoxy groups -OCH3 is 2. The molecule has 0 aliphatic rings. The summed E-state index contributed by atoms with van der Waals surface area (Å²) in [4.78, 5) is 24.0. The van der Waals surface area contributed by atoms with Crippen LogP contribution in [0.5, 0.6) is 11.5 Å². The van der Waals surface area contributed by atoms with Gasteiger partial charge in [-0.3, -0.25) is 9.59 Å². The number of carbonyl (C=O) groups excluding carboxylic acids is 2. The number of ether oxygens (including phenoxy) is 2. The molecule has 6 nitrogen and oxygen atoms in total. The van der Waals surface area contributed by atoms with Crippen molar-refractivity contribution in [3.05, 3.63) is 53.6 Å². The van der Waals surface area contributed by atoms with E-state index in [4.69, 9.17) is 9.47 Å². The summed E-state index contributed by atoms with van der Waals surface area (Å²) in [5, 5.41) is 5.65. The molecule has 1 unspecified atom stereocenters. The van der Waals surface area contributed by atoms with Gasteiger partial charge in [0.15, 0.2) is 0 Å². The Kier molecular flexibility index (Phi) is 6.60. The molecule has 0 saturated heterocycles. The van der Waals surface area contributed by atoms with Gasteiger partial charge < -0.3 is 20.1 Å². The average molecular weight is 356 g/mol. The molecule has 0 saturated carbocycles. The van der Waals surface area contributed by atoms with E-state index in [0.717, 1.165) is 11.1 Å². The lowest BCUT2D eigenvalue weighted by atomic mass is 10.0. The normalized spacial score (nSPS) is 11.4. The maximum atomic E-state index is 12.5. The fourth-order valence-corrected chi connectivity index (χ4v) is 2.57. The average Bonchev–Trinajstić information content (AvgIpc) is 2.60. The van der Waals surface area contributed by atoms with Gasteiger partial charge in [-0.25, -0.2) is 0 Å². The van der Waals surface area contributed by atoms with Crippen LogP contribution in [0.15, 0.2) is 42.5 Å². The van der Waals surface area contributed by atoms with E-state index in [2.05, 4.69) is 10.6 Å². The van der Waals surface area contributed by atoms with Crippen LogP contribution in [0.1, 0.15) is 30.5 Å². The van der Waals surface area contributed by atoms with Crippen molar-refractivity contribution in [1.82, 2.24) is 5.32 Å². The molecule has 0 bridgehead atoms. The molecule has 0 radical (unpaired) electrons. The number of carbonyl (C=O) groups is 2. The van der Waals surface area contributed by atoms with Crippen LogP contribution < -0.4 is 20.1 Å². The number of hydrogen-bond donors (Lipinski definition) is 2. The SMILES string of the molecule is COc1cc(NC(=O)CC(NC(C)=O)c2ccc(C)cc2)cc(OC)c1. The zero-order valence-corrected chi connectivity index (χ0v) is 15.5. The number of amides is 2. The van der Waals surface area contributed by atoms with Gasteiger partial charge in [0, 0.05) is 30.8 Å². The van der Waals surface area contributed by atoms with Gasteiger partial charge in [-0.1, -0.05) is 29.8 Å². The molecule has 0 aliphatic carbocycles. The molecule has 0 fully saturated rings. The minimum Gasteiger partial charge on any atom is -0.497 e. The monoisotopic (exact) mass is 356 g/mol. The first-order valence-electron chi connectivity index (χ1n) is 8.28. The Hall–Kier alpha value is -3.02. The van der Waals surface area contributed by atoms with E-state index < -0.39 is 6.04 Å². The van der Waals surface area contributed by atoms with Gasteiger partial charge in [0.2, 0.25) is 11.8 Å². The standard InChI is InChI=1S/C20H24N2O4/c1-13-5-7-15(8-6-13)19(21-14(2)23)12-20(24)22-16-9-17(25-3)11-18(10-16)26-4/h5-11,19H,12H2,1-4H3,(H,21,23)(H,22,24). The summed E-state index contributed by atoms with van der Waals surface area (Å²) in [7, 11) is 3.09. The van der Waals surface area contributed by atoms with Crippen LogP contribution >= 0.6 is 0 Å². The summed E-state index contributed by atoms with van der Waals surface area (Å²) in [5.74, 6) is 0.749. The van der Waals surface area contributed by atoms with E-state index in [1.54, 1.807) is 32.4 Å². The predicted molar refractivity (Wildman–Crippen MR) is 101 cm³/mol. The summed E-state index contributed by atoms with van der Waals surface area (Å²) in [5.41, 5.74) is 2.56. The summed E-state index contributed by atoms with van der Waals surface area (Å²) >= 11 is 0. The molecule has 138 valence electrons. The second kappa shape index (κ2) is 8.89. The quantitative estimate of drug-likeness (QED) is 0.799. The van der Waals surface area contributed by atoms with Gasteiger partial charge in [0.25, 0.3) is 0 Å². The van der Waals surface area contributed by atoms with E-state index in [1.165, 1.54) is 6.92 Å². The zero-order valence-electron chi connectivity index (χ0n) is 15.5.